The molecule has 0 aliphatic rings. The summed E-state index contributed by atoms with van der Waals surface area (Å²) in [6.07, 6.45) is 0. The monoisotopic (exact) mass is 433 g/mol. The van der Waals surface area contributed by atoms with Gasteiger partial charge < -0.3 is 20.3 Å². The maximum absolute atomic E-state index is 12.1. The molecular formula is C26H28NO3P. The average Bonchev–Trinajstić information content (AvgIpc) is 2.82. The van der Waals surface area contributed by atoms with Crippen LogP contribution in [0.1, 0.15) is 11.1 Å². The highest BCUT2D eigenvalue weighted by Crippen LogP contribution is 2.32. The molecule has 4 rings (SSSR count). The molecular weight excluding hydrogens is 405 g/mol. The van der Waals surface area contributed by atoms with Crippen LogP contribution in [0.3, 0.4) is 0 Å². The number of hydrogen-bond donors (Lipinski definition) is 1. The van der Waals surface area contributed by atoms with E-state index in [1.54, 1.807) is 60.7 Å². The van der Waals surface area contributed by atoms with E-state index in [1.165, 1.54) is 11.1 Å². The van der Waals surface area contributed by atoms with Crippen molar-refractivity contribution in [2.45, 2.75) is 13.1 Å². The molecule has 0 unspecified atom stereocenters. The first kappa shape index (κ1) is 24.3. The lowest BCUT2D eigenvalue weighted by Crippen LogP contribution is -2.80. The molecule has 31 heavy (non-hydrogen) atoms. The van der Waals surface area contributed by atoms with Crippen molar-refractivity contribution in [3.05, 3.63) is 132 Å². The Labute approximate surface area is 184 Å². The van der Waals surface area contributed by atoms with Crippen LogP contribution in [0.5, 0.6) is 0 Å². The van der Waals surface area contributed by atoms with Crippen LogP contribution in [-0.4, -0.2) is 5.48 Å². The topological polar surface area (TPSA) is 88.2 Å². The number of benzene rings is 4. The third-order valence-corrected chi connectivity index (χ3v) is 6.59. The maximum atomic E-state index is 12.1. The van der Waals surface area contributed by atoms with Crippen LogP contribution in [0.25, 0.3) is 0 Å². The predicted octanol–water partition coefficient (Wildman–Crippen LogP) is 2.40. The normalized spacial score (nSPS) is 10.4. The van der Waals surface area contributed by atoms with Crippen molar-refractivity contribution in [1.82, 2.24) is 0 Å². The van der Waals surface area contributed by atoms with E-state index in [-0.39, 0.29) is 5.48 Å². The molecule has 0 aromatic heterocycles. The fourth-order valence-electron chi connectivity index (χ4n) is 3.03. The fourth-order valence-corrected chi connectivity index (χ4v) is 4.46. The molecule has 0 amide bonds. The number of nitrogens with two attached hydrogens (primary N) is 1. The molecule has 0 heterocycles. The van der Waals surface area contributed by atoms with Gasteiger partial charge in [0, 0.05) is 21.7 Å². The second-order valence-electron chi connectivity index (χ2n) is 6.89. The highest BCUT2D eigenvalue weighted by molar-refractivity contribution is 7.72. The Kier molecular flexibility index (Phi) is 9.89. The SMILES string of the molecule is O.O=P([O-])(c1ccccc1)c1ccccc1.c1ccc(C[NH2+]Cc2ccccc2)cc1. The molecule has 0 spiro atoms. The first-order valence-corrected chi connectivity index (χ1v) is 11.6. The van der Waals surface area contributed by atoms with Crippen molar-refractivity contribution in [1.29, 1.82) is 0 Å². The molecule has 0 aliphatic heterocycles. The molecule has 4 nitrogen and oxygen atoms in total. The van der Waals surface area contributed by atoms with Gasteiger partial charge in [0.25, 0.3) is 0 Å². The van der Waals surface area contributed by atoms with Crippen LogP contribution in [0.4, 0.5) is 0 Å². The van der Waals surface area contributed by atoms with Gasteiger partial charge in [-0.1, -0.05) is 121 Å². The van der Waals surface area contributed by atoms with Gasteiger partial charge in [-0.05, 0) is 0 Å². The van der Waals surface area contributed by atoms with Crippen molar-refractivity contribution >= 4 is 18.0 Å². The van der Waals surface area contributed by atoms with Gasteiger partial charge in [-0.3, -0.25) is 0 Å². The summed E-state index contributed by atoms with van der Waals surface area (Å²) in [4.78, 5) is 12.1. The third kappa shape index (κ3) is 7.63. The van der Waals surface area contributed by atoms with Crippen molar-refractivity contribution in [3.63, 3.8) is 0 Å². The van der Waals surface area contributed by atoms with E-state index >= 15 is 0 Å². The van der Waals surface area contributed by atoms with Gasteiger partial charge in [-0.2, -0.15) is 0 Å². The molecule has 0 aliphatic carbocycles. The summed E-state index contributed by atoms with van der Waals surface area (Å²) in [7, 11) is -3.65. The van der Waals surface area contributed by atoms with E-state index in [0.717, 1.165) is 13.1 Å². The van der Waals surface area contributed by atoms with Crippen LogP contribution in [0, 0.1) is 0 Å². The van der Waals surface area contributed by atoms with Crippen LogP contribution in [-0.2, 0) is 17.7 Å². The Bertz CT molecular complexity index is 960. The van der Waals surface area contributed by atoms with Crippen molar-refractivity contribution in [2.75, 3.05) is 0 Å². The summed E-state index contributed by atoms with van der Waals surface area (Å²) in [5, 5.41) is 3.04. The molecule has 5 heteroatoms. The molecule has 0 saturated carbocycles. The number of hydrogen-bond acceptors (Lipinski definition) is 2. The molecule has 0 radical (unpaired) electrons. The average molecular weight is 433 g/mol. The van der Waals surface area contributed by atoms with Crippen LogP contribution >= 0.6 is 7.37 Å². The highest BCUT2D eigenvalue weighted by atomic mass is 31.2. The van der Waals surface area contributed by atoms with Gasteiger partial charge in [-0.25, -0.2) is 0 Å². The Morgan fingerprint density at radius 3 is 1.16 bits per heavy atom. The van der Waals surface area contributed by atoms with Gasteiger partial charge in [-0.15, -0.1) is 0 Å². The third-order valence-electron chi connectivity index (χ3n) is 4.64. The van der Waals surface area contributed by atoms with E-state index in [4.69, 9.17) is 0 Å². The standard InChI is InChI=1S/C14H15N.C12H11O2P.H2O/c1-3-7-13(8-4-1)11-15-12-14-9-5-2-6-10-14;13-15(14,11-7-3-1-4-8-11)12-9-5-2-6-10-12;/h1-10,15H,11-12H2;1-10H,(H,13,14);1H2. The van der Waals surface area contributed by atoms with Gasteiger partial charge >= 0.3 is 0 Å². The van der Waals surface area contributed by atoms with E-state index in [1.807, 2.05) is 0 Å². The lowest BCUT2D eigenvalue weighted by atomic mass is 10.2. The van der Waals surface area contributed by atoms with E-state index in [0.29, 0.717) is 10.6 Å². The Balaban J connectivity index is 0.000000213. The molecule has 160 valence electrons. The quantitative estimate of drug-likeness (QED) is 0.473. The largest absolute Gasteiger partial charge is 0.793 e. The molecule has 4 aromatic carbocycles. The van der Waals surface area contributed by atoms with Crippen LogP contribution < -0.4 is 20.8 Å². The molecule has 4 aromatic rings. The lowest BCUT2D eigenvalue weighted by Gasteiger charge is -2.23. The van der Waals surface area contributed by atoms with Crippen LogP contribution in [0.15, 0.2) is 121 Å². The second-order valence-corrected chi connectivity index (χ2v) is 9.03. The first-order chi connectivity index (χ1) is 14.7. The Morgan fingerprint density at radius 1 is 0.548 bits per heavy atom. The van der Waals surface area contributed by atoms with Gasteiger partial charge in [0.05, 0.1) is 7.37 Å². The fraction of sp³-hybridized carbons (Fsp3) is 0.0769. The maximum Gasteiger partial charge on any atom is 0.101 e. The van der Waals surface area contributed by atoms with Gasteiger partial charge in [0.1, 0.15) is 13.1 Å². The molecule has 0 fully saturated rings. The molecule has 0 saturated heterocycles. The van der Waals surface area contributed by atoms with Gasteiger partial charge in [0.2, 0.25) is 0 Å². The lowest BCUT2D eigenvalue weighted by molar-refractivity contribution is -0.686. The van der Waals surface area contributed by atoms with Crippen molar-refractivity contribution < 1.29 is 20.3 Å². The summed E-state index contributed by atoms with van der Waals surface area (Å²) in [5.41, 5.74) is 2.77. The first-order valence-electron chi connectivity index (χ1n) is 9.98. The van der Waals surface area contributed by atoms with E-state index < -0.39 is 7.37 Å². The summed E-state index contributed by atoms with van der Waals surface area (Å²) in [5.74, 6) is 0. The summed E-state index contributed by atoms with van der Waals surface area (Å²) in [6, 6.07) is 38.1. The zero-order chi connectivity index (χ0) is 21.1. The van der Waals surface area contributed by atoms with Gasteiger partial charge in [0.15, 0.2) is 0 Å². The van der Waals surface area contributed by atoms with E-state index in [2.05, 4.69) is 66.0 Å². The van der Waals surface area contributed by atoms with Crippen molar-refractivity contribution in [2.24, 2.45) is 0 Å². The Morgan fingerprint density at radius 2 is 0.839 bits per heavy atom. The molecule has 0 bridgehead atoms. The minimum Gasteiger partial charge on any atom is -0.793 e. The Hall–Kier alpha value is -3.01. The zero-order valence-electron chi connectivity index (χ0n) is 17.3. The van der Waals surface area contributed by atoms with Crippen LogP contribution in [0.2, 0.25) is 0 Å². The molecule has 0 atom stereocenters. The minimum absolute atomic E-state index is 0. The number of rotatable bonds is 6. The number of quaternary nitrogens is 1. The minimum atomic E-state index is -3.65. The summed E-state index contributed by atoms with van der Waals surface area (Å²) < 4.78 is 12.1. The highest BCUT2D eigenvalue weighted by Gasteiger charge is 2.12. The molecule has 4 N–H and O–H groups in total. The summed E-state index contributed by atoms with van der Waals surface area (Å²) in [6.45, 7) is 2.10. The zero-order valence-corrected chi connectivity index (χ0v) is 18.2. The van der Waals surface area contributed by atoms with Crippen molar-refractivity contribution in [3.8, 4) is 0 Å². The van der Waals surface area contributed by atoms with E-state index in [9.17, 15) is 9.46 Å². The summed E-state index contributed by atoms with van der Waals surface area (Å²) >= 11 is 0. The smallest absolute Gasteiger partial charge is 0.101 e. The predicted molar refractivity (Wildman–Crippen MR) is 126 cm³/mol. The second kappa shape index (κ2) is 12.6.